The lowest BCUT2D eigenvalue weighted by Crippen LogP contribution is -2.37. The van der Waals surface area contributed by atoms with Gasteiger partial charge in [0.1, 0.15) is 17.6 Å². The number of rotatable bonds is 3. The quantitative estimate of drug-likeness (QED) is 0.782. The molecule has 3 aromatic rings. The fraction of sp³-hybridized carbons (Fsp3) is 0.143. The van der Waals surface area contributed by atoms with Gasteiger partial charge in [0.25, 0.3) is 0 Å². The summed E-state index contributed by atoms with van der Waals surface area (Å²) in [6, 6.07) is 27.0. The molecule has 0 bridgehead atoms. The van der Waals surface area contributed by atoms with E-state index in [1.54, 1.807) is 0 Å². The highest BCUT2D eigenvalue weighted by Gasteiger charge is 2.39. The molecular formula is C21H18O3. The molecule has 120 valence electrons. The summed E-state index contributed by atoms with van der Waals surface area (Å²) in [5.41, 5.74) is 1.79. The molecule has 24 heavy (non-hydrogen) atoms. The van der Waals surface area contributed by atoms with Crippen LogP contribution in [0.5, 0.6) is 11.5 Å². The van der Waals surface area contributed by atoms with Gasteiger partial charge in [-0.05, 0) is 23.8 Å². The number of benzene rings is 3. The maximum atomic E-state index is 10.9. The Kier molecular flexibility index (Phi) is 3.93. The van der Waals surface area contributed by atoms with Crippen LogP contribution in [-0.4, -0.2) is 11.2 Å². The van der Waals surface area contributed by atoms with Gasteiger partial charge in [-0.15, -0.1) is 0 Å². The number of hydrogen-bond donors (Lipinski definition) is 1. The first kappa shape index (κ1) is 14.8. The van der Waals surface area contributed by atoms with Crippen LogP contribution in [0, 0.1) is 0 Å². The molecule has 3 nitrogen and oxygen atoms in total. The Morgan fingerprint density at radius 3 is 2.12 bits per heavy atom. The topological polar surface area (TPSA) is 38.7 Å². The van der Waals surface area contributed by atoms with Crippen molar-refractivity contribution < 1.29 is 14.6 Å². The Hall–Kier alpha value is -2.78. The van der Waals surface area contributed by atoms with Gasteiger partial charge in [0.15, 0.2) is 12.2 Å². The van der Waals surface area contributed by atoms with E-state index < -0.39 is 18.3 Å². The minimum Gasteiger partial charge on any atom is -0.483 e. The van der Waals surface area contributed by atoms with Gasteiger partial charge in [0.2, 0.25) is 0 Å². The molecule has 1 aliphatic heterocycles. The third-order valence-corrected chi connectivity index (χ3v) is 4.23. The molecule has 0 amide bonds. The first-order chi connectivity index (χ1) is 11.8. The van der Waals surface area contributed by atoms with Crippen LogP contribution in [0.1, 0.15) is 23.3 Å². The highest BCUT2D eigenvalue weighted by Crippen LogP contribution is 2.42. The van der Waals surface area contributed by atoms with E-state index in [9.17, 15) is 5.11 Å². The van der Waals surface area contributed by atoms with Gasteiger partial charge in [0.05, 0.1) is 0 Å². The van der Waals surface area contributed by atoms with Crippen molar-refractivity contribution in [3.8, 4) is 11.5 Å². The van der Waals surface area contributed by atoms with E-state index in [0.717, 1.165) is 22.6 Å². The van der Waals surface area contributed by atoms with Crippen molar-refractivity contribution in [3.63, 3.8) is 0 Å². The Morgan fingerprint density at radius 1 is 0.750 bits per heavy atom. The van der Waals surface area contributed by atoms with Gasteiger partial charge in [-0.2, -0.15) is 0 Å². The third-order valence-electron chi connectivity index (χ3n) is 4.23. The van der Waals surface area contributed by atoms with Crippen LogP contribution < -0.4 is 9.47 Å². The summed E-state index contributed by atoms with van der Waals surface area (Å²) in [4.78, 5) is 0. The van der Waals surface area contributed by atoms with Crippen LogP contribution in [0.25, 0.3) is 0 Å². The second kappa shape index (κ2) is 6.38. The van der Waals surface area contributed by atoms with E-state index in [-0.39, 0.29) is 0 Å². The minimum absolute atomic E-state index is 0.463. The molecule has 0 spiro atoms. The lowest BCUT2D eigenvalue weighted by molar-refractivity contribution is -0.0591. The van der Waals surface area contributed by atoms with Crippen LogP contribution in [0.4, 0.5) is 0 Å². The second-order valence-electron chi connectivity index (χ2n) is 5.83. The van der Waals surface area contributed by atoms with Crippen molar-refractivity contribution in [1.29, 1.82) is 0 Å². The van der Waals surface area contributed by atoms with Gasteiger partial charge >= 0.3 is 0 Å². The molecule has 1 N–H and O–H groups in total. The molecule has 0 saturated heterocycles. The van der Waals surface area contributed by atoms with Crippen molar-refractivity contribution >= 4 is 0 Å². The molecule has 0 aromatic heterocycles. The Labute approximate surface area is 141 Å². The van der Waals surface area contributed by atoms with Crippen LogP contribution in [0.3, 0.4) is 0 Å². The molecule has 3 heteroatoms. The Balaban J connectivity index is 1.73. The molecule has 1 heterocycles. The fourth-order valence-electron chi connectivity index (χ4n) is 3.06. The summed E-state index contributed by atoms with van der Waals surface area (Å²) in [7, 11) is 0. The molecule has 0 fully saturated rings. The summed E-state index contributed by atoms with van der Waals surface area (Å²) in [6.07, 6.45) is -1.75. The van der Waals surface area contributed by atoms with Gasteiger partial charge in [-0.25, -0.2) is 0 Å². The molecule has 3 atom stereocenters. The Bertz CT molecular complexity index is 802. The predicted octanol–water partition coefficient (Wildman–Crippen LogP) is 4.30. The Morgan fingerprint density at radius 2 is 1.38 bits per heavy atom. The largest absolute Gasteiger partial charge is 0.483 e. The van der Waals surface area contributed by atoms with Gasteiger partial charge in [-0.3, -0.25) is 0 Å². The molecule has 3 aromatic carbocycles. The fourth-order valence-corrected chi connectivity index (χ4v) is 3.06. The molecule has 4 rings (SSSR count). The summed E-state index contributed by atoms with van der Waals surface area (Å²) >= 11 is 0. The second-order valence-corrected chi connectivity index (χ2v) is 5.83. The summed E-state index contributed by atoms with van der Waals surface area (Å²) in [6.45, 7) is 0. The van der Waals surface area contributed by atoms with Crippen molar-refractivity contribution in [2.75, 3.05) is 0 Å². The van der Waals surface area contributed by atoms with Crippen molar-refractivity contribution in [2.24, 2.45) is 0 Å². The maximum Gasteiger partial charge on any atom is 0.157 e. The SMILES string of the molecule is O[C@@H]1[C@@H](c2ccccc2)Oc2ccccc2[C@@H]1Oc1ccccc1. The minimum atomic E-state index is -0.803. The molecule has 0 aliphatic carbocycles. The zero-order chi connectivity index (χ0) is 16.4. The zero-order valence-electron chi connectivity index (χ0n) is 13.1. The zero-order valence-corrected chi connectivity index (χ0v) is 13.1. The van der Waals surface area contributed by atoms with Crippen LogP contribution in [0.2, 0.25) is 0 Å². The molecular weight excluding hydrogens is 300 g/mol. The number of aliphatic hydroxyl groups excluding tert-OH is 1. The van der Waals surface area contributed by atoms with Gasteiger partial charge < -0.3 is 14.6 Å². The molecule has 0 radical (unpaired) electrons. The standard InChI is InChI=1S/C21H18O3/c22-19-20(15-9-3-1-4-10-15)24-18-14-8-7-13-17(18)21(19)23-16-11-5-2-6-12-16/h1-14,19-22H/t19-,20-,21+/m1/s1. The highest BCUT2D eigenvalue weighted by molar-refractivity contribution is 5.41. The summed E-state index contributed by atoms with van der Waals surface area (Å²) < 4.78 is 12.2. The van der Waals surface area contributed by atoms with Gasteiger partial charge in [0, 0.05) is 5.56 Å². The number of aliphatic hydroxyl groups is 1. The molecule has 0 saturated carbocycles. The average molecular weight is 318 g/mol. The number of fused-ring (bicyclic) bond motifs is 1. The number of ether oxygens (including phenoxy) is 2. The average Bonchev–Trinajstić information content (AvgIpc) is 2.65. The van der Waals surface area contributed by atoms with E-state index in [2.05, 4.69) is 0 Å². The van der Waals surface area contributed by atoms with E-state index in [0.29, 0.717) is 0 Å². The smallest absolute Gasteiger partial charge is 0.157 e. The van der Waals surface area contributed by atoms with E-state index in [1.807, 2.05) is 84.9 Å². The van der Waals surface area contributed by atoms with E-state index in [1.165, 1.54) is 0 Å². The lowest BCUT2D eigenvalue weighted by atomic mass is 9.92. The number of hydrogen-bond acceptors (Lipinski definition) is 3. The third kappa shape index (κ3) is 2.74. The maximum absolute atomic E-state index is 10.9. The summed E-state index contributed by atoms with van der Waals surface area (Å²) in [5.74, 6) is 1.47. The molecule has 0 unspecified atom stereocenters. The lowest BCUT2D eigenvalue weighted by Gasteiger charge is -2.37. The molecule has 1 aliphatic rings. The first-order valence-corrected chi connectivity index (χ1v) is 8.03. The number of para-hydroxylation sites is 2. The van der Waals surface area contributed by atoms with Crippen LogP contribution >= 0.6 is 0 Å². The van der Waals surface area contributed by atoms with Crippen LogP contribution in [0.15, 0.2) is 84.9 Å². The predicted molar refractivity (Wildman–Crippen MR) is 92.1 cm³/mol. The van der Waals surface area contributed by atoms with E-state index >= 15 is 0 Å². The normalized spacial score (nSPS) is 22.3. The highest BCUT2D eigenvalue weighted by atomic mass is 16.5. The first-order valence-electron chi connectivity index (χ1n) is 8.03. The van der Waals surface area contributed by atoms with Crippen molar-refractivity contribution in [2.45, 2.75) is 18.3 Å². The van der Waals surface area contributed by atoms with Gasteiger partial charge in [-0.1, -0.05) is 66.7 Å². The van der Waals surface area contributed by atoms with Crippen molar-refractivity contribution in [1.82, 2.24) is 0 Å². The van der Waals surface area contributed by atoms with Crippen LogP contribution in [-0.2, 0) is 0 Å². The van der Waals surface area contributed by atoms with E-state index in [4.69, 9.17) is 9.47 Å². The summed E-state index contributed by atoms with van der Waals surface area (Å²) in [5, 5.41) is 10.9. The monoisotopic (exact) mass is 318 g/mol. The van der Waals surface area contributed by atoms with Crippen molar-refractivity contribution in [3.05, 3.63) is 96.1 Å².